The first-order valence-electron chi connectivity index (χ1n) is 10.6. The van der Waals surface area contributed by atoms with Crippen LogP contribution < -0.4 is 15.6 Å². The first-order chi connectivity index (χ1) is 16.6. The van der Waals surface area contributed by atoms with E-state index in [1.807, 2.05) is 30.3 Å². The molecule has 0 aliphatic carbocycles. The van der Waals surface area contributed by atoms with Gasteiger partial charge in [-0.15, -0.1) is 0 Å². The predicted molar refractivity (Wildman–Crippen MR) is 130 cm³/mol. The summed E-state index contributed by atoms with van der Waals surface area (Å²) in [5, 5.41) is 3.55. The number of benzene rings is 3. The number of carbonyl (C=O) groups is 1. The number of ether oxygens (including phenoxy) is 1. The molecule has 5 aromatic rings. The monoisotopic (exact) mass is 453 g/mol. The molecule has 0 aliphatic rings. The molecule has 0 saturated carbocycles. The maximum absolute atomic E-state index is 13.0. The number of para-hydroxylation sites is 1. The van der Waals surface area contributed by atoms with Gasteiger partial charge in [0.1, 0.15) is 29.5 Å². The minimum absolute atomic E-state index is 0.264. The Kier molecular flexibility index (Phi) is 5.66. The maximum Gasteiger partial charge on any atom is 0.272 e. The van der Waals surface area contributed by atoms with Crippen LogP contribution in [0.25, 0.3) is 16.7 Å². The molecule has 34 heavy (non-hydrogen) atoms. The summed E-state index contributed by atoms with van der Waals surface area (Å²) < 4.78 is 20.2. The number of alkyl halides is 1. The lowest BCUT2D eigenvalue weighted by Gasteiger charge is -2.09. The van der Waals surface area contributed by atoms with E-state index in [9.17, 15) is 14.0 Å². The topological polar surface area (TPSA) is 76.1 Å². The number of anilines is 1. The average Bonchev–Trinajstić information content (AvgIpc) is 3.30. The van der Waals surface area contributed by atoms with Crippen molar-refractivity contribution in [3.63, 3.8) is 0 Å². The van der Waals surface area contributed by atoms with Crippen molar-refractivity contribution < 1.29 is 13.9 Å². The first-order valence-corrected chi connectivity index (χ1v) is 10.6. The number of pyridine rings is 1. The number of fused-ring (bicyclic) bond motifs is 1. The zero-order chi connectivity index (χ0) is 23.5. The van der Waals surface area contributed by atoms with Crippen molar-refractivity contribution in [3.05, 3.63) is 119 Å². The summed E-state index contributed by atoms with van der Waals surface area (Å²) >= 11 is 0. The zero-order valence-electron chi connectivity index (χ0n) is 18.0. The van der Waals surface area contributed by atoms with Gasteiger partial charge in [-0.1, -0.05) is 36.4 Å². The van der Waals surface area contributed by atoms with Crippen LogP contribution in [-0.2, 0) is 6.67 Å². The van der Waals surface area contributed by atoms with Crippen molar-refractivity contribution >= 4 is 22.6 Å². The van der Waals surface area contributed by atoms with Crippen molar-refractivity contribution in [1.29, 1.82) is 0 Å². The number of hydrogen-bond donors (Lipinski definition) is 2. The standard InChI is InChI=1S/C27H20FN3O3/c28-17-18-9-12-21(13-10-18)31-25(32)14-11-19-15-24(30-26(19)31)27(33)29-20-5-4-8-23(16-20)34-22-6-2-1-3-7-22/h1-16,30H,17H2,(H,29,33). The van der Waals surface area contributed by atoms with Gasteiger partial charge in [0.05, 0.1) is 5.69 Å². The smallest absolute Gasteiger partial charge is 0.272 e. The number of halogens is 1. The number of hydrogen-bond acceptors (Lipinski definition) is 3. The van der Waals surface area contributed by atoms with Gasteiger partial charge in [0.2, 0.25) is 0 Å². The summed E-state index contributed by atoms with van der Waals surface area (Å²) in [5.41, 5.74) is 2.17. The number of aromatic amines is 1. The summed E-state index contributed by atoms with van der Waals surface area (Å²) in [6.45, 7) is -0.580. The molecule has 0 bridgehead atoms. The molecular weight excluding hydrogens is 433 g/mol. The normalized spacial score (nSPS) is 10.9. The molecule has 0 radical (unpaired) electrons. The third-order valence-electron chi connectivity index (χ3n) is 5.34. The molecule has 168 valence electrons. The quantitative estimate of drug-likeness (QED) is 0.340. The van der Waals surface area contributed by atoms with Gasteiger partial charge >= 0.3 is 0 Å². The third kappa shape index (κ3) is 4.31. The van der Waals surface area contributed by atoms with Gasteiger partial charge in [-0.25, -0.2) is 4.39 Å². The van der Waals surface area contributed by atoms with Crippen LogP contribution in [0.2, 0.25) is 0 Å². The molecule has 2 aromatic heterocycles. The molecule has 0 atom stereocenters. The van der Waals surface area contributed by atoms with Crippen molar-refractivity contribution in [2.75, 3.05) is 5.32 Å². The summed E-state index contributed by atoms with van der Waals surface area (Å²) in [7, 11) is 0. The van der Waals surface area contributed by atoms with Crippen LogP contribution in [0.15, 0.2) is 102 Å². The molecule has 6 nitrogen and oxygen atoms in total. The Bertz CT molecular complexity index is 1520. The second kappa shape index (κ2) is 9.07. The third-order valence-corrected chi connectivity index (χ3v) is 5.34. The van der Waals surface area contributed by atoms with E-state index in [-0.39, 0.29) is 11.5 Å². The number of nitrogens with one attached hydrogen (secondary N) is 2. The number of amides is 1. The van der Waals surface area contributed by atoms with Crippen LogP contribution in [0.1, 0.15) is 16.1 Å². The summed E-state index contributed by atoms with van der Waals surface area (Å²) in [6, 6.07) is 27.8. The van der Waals surface area contributed by atoms with Crippen LogP contribution >= 0.6 is 0 Å². The SMILES string of the molecule is O=C(Nc1cccc(Oc2ccccc2)c1)c1cc2ccc(=O)n(-c3ccc(CF)cc3)c2[nH]1. The highest BCUT2D eigenvalue weighted by Gasteiger charge is 2.14. The second-order valence-corrected chi connectivity index (χ2v) is 7.69. The Morgan fingerprint density at radius 3 is 2.41 bits per heavy atom. The van der Waals surface area contributed by atoms with Crippen LogP contribution in [0.5, 0.6) is 11.5 Å². The molecule has 0 fully saturated rings. The summed E-state index contributed by atoms with van der Waals surface area (Å²) in [5.74, 6) is 0.921. The lowest BCUT2D eigenvalue weighted by atomic mass is 10.2. The highest BCUT2D eigenvalue weighted by atomic mass is 19.1. The van der Waals surface area contributed by atoms with E-state index < -0.39 is 6.67 Å². The van der Waals surface area contributed by atoms with Crippen LogP contribution in [-0.4, -0.2) is 15.5 Å². The summed E-state index contributed by atoms with van der Waals surface area (Å²) in [6.07, 6.45) is 0. The maximum atomic E-state index is 13.0. The molecule has 0 unspecified atom stereocenters. The van der Waals surface area contributed by atoms with Crippen molar-refractivity contribution in [3.8, 4) is 17.2 Å². The molecule has 3 aromatic carbocycles. The Balaban J connectivity index is 1.42. The van der Waals surface area contributed by atoms with Crippen LogP contribution in [0.3, 0.4) is 0 Å². The Labute approximate surface area is 194 Å². The van der Waals surface area contributed by atoms with Gasteiger partial charge in [0.25, 0.3) is 11.5 Å². The van der Waals surface area contributed by atoms with E-state index in [2.05, 4.69) is 10.3 Å². The second-order valence-electron chi connectivity index (χ2n) is 7.69. The Morgan fingerprint density at radius 1 is 0.882 bits per heavy atom. The fourth-order valence-electron chi connectivity index (χ4n) is 3.69. The highest BCUT2D eigenvalue weighted by molar-refractivity contribution is 6.05. The molecule has 1 amide bonds. The zero-order valence-corrected chi connectivity index (χ0v) is 18.0. The first kappa shape index (κ1) is 21.2. The minimum Gasteiger partial charge on any atom is -0.457 e. The van der Waals surface area contributed by atoms with E-state index in [0.717, 1.165) is 0 Å². The predicted octanol–water partition coefficient (Wildman–Crippen LogP) is 5.83. The molecule has 7 heteroatoms. The van der Waals surface area contributed by atoms with Crippen LogP contribution in [0.4, 0.5) is 10.1 Å². The lowest BCUT2D eigenvalue weighted by molar-refractivity contribution is 0.102. The molecule has 0 aliphatic heterocycles. The van der Waals surface area contributed by atoms with E-state index in [1.165, 1.54) is 10.6 Å². The molecular formula is C27H20FN3O3. The van der Waals surface area contributed by atoms with Crippen molar-refractivity contribution in [1.82, 2.24) is 9.55 Å². The molecule has 2 heterocycles. The van der Waals surface area contributed by atoms with Gasteiger partial charge in [-0.2, -0.15) is 0 Å². The fourth-order valence-corrected chi connectivity index (χ4v) is 3.69. The van der Waals surface area contributed by atoms with E-state index in [0.29, 0.717) is 45.2 Å². The number of aromatic nitrogens is 2. The van der Waals surface area contributed by atoms with Crippen LogP contribution in [0, 0.1) is 0 Å². The average molecular weight is 453 g/mol. The van der Waals surface area contributed by atoms with E-state index in [4.69, 9.17) is 4.74 Å². The summed E-state index contributed by atoms with van der Waals surface area (Å²) in [4.78, 5) is 28.6. The van der Waals surface area contributed by atoms with Gasteiger partial charge in [-0.05, 0) is 54.1 Å². The molecule has 2 N–H and O–H groups in total. The van der Waals surface area contributed by atoms with Crippen molar-refractivity contribution in [2.24, 2.45) is 0 Å². The van der Waals surface area contributed by atoms with E-state index >= 15 is 0 Å². The number of nitrogens with zero attached hydrogens (tertiary/aromatic N) is 1. The molecule has 5 rings (SSSR count). The number of H-pyrrole nitrogens is 1. The van der Waals surface area contributed by atoms with Gasteiger partial charge in [0.15, 0.2) is 0 Å². The van der Waals surface area contributed by atoms with Gasteiger partial charge < -0.3 is 15.0 Å². The molecule has 0 saturated heterocycles. The van der Waals surface area contributed by atoms with E-state index in [1.54, 1.807) is 60.7 Å². The Morgan fingerprint density at radius 2 is 1.65 bits per heavy atom. The number of carbonyl (C=O) groups excluding carboxylic acids is 1. The fraction of sp³-hybridized carbons (Fsp3) is 0.0370. The lowest BCUT2D eigenvalue weighted by Crippen LogP contribution is -2.17. The van der Waals surface area contributed by atoms with Crippen molar-refractivity contribution in [2.45, 2.75) is 6.67 Å². The Hall–Kier alpha value is -4.65. The number of rotatable bonds is 6. The largest absolute Gasteiger partial charge is 0.457 e. The van der Waals surface area contributed by atoms with Gasteiger partial charge in [-0.3, -0.25) is 14.2 Å². The van der Waals surface area contributed by atoms with Gasteiger partial charge in [0, 0.05) is 23.2 Å². The highest BCUT2D eigenvalue weighted by Crippen LogP contribution is 2.25. The minimum atomic E-state index is -0.580. The molecule has 0 spiro atoms.